The number of furan rings is 1. The zero-order valence-electron chi connectivity index (χ0n) is 13.7. The molecule has 4 fully saturated rings. The van der Waals surface area contributed by atoms with Gasteiger partial charge in [0.25, 0.3) is 0 Å². The molecule has 5 rings (SSSR count). The lowest BCUT2D eigenvalue weighted by molar-refractivity contribution is -0.0620. The highest BCUT2D eigenvalue weighted by Gasteiger charge is 2.51. The predicted octanol–water partition coefficient (Wildman–Crippen LogP) is 4.76. The van der Waals surface area contributed by atoms with Crippen molar-refractivity contribution in [2.24, 2.45) is 23.2 Å². The van der Waals surface area contributed by atoms with Crippen LogP contribution in [0.3, 0.4) is 0 Å². The van der Waals surface area contributed by atoms with Crippen molar-refractivity contribution in [2.45, 2.75) is 64.8 Å². The van der Waals surface area contributed by atoms with Gasteiger partial charge in [0.05, 0.1) is 0 Å². The van der Waals surface area contributed by atoms with Gasteiger partial charge in [-0.1, -0.05) is 0 Å². The molecule has 21 heavy (non-hydrogen) atoms. The molecule has 1 unspecified atom stereocenters. The van der Waals surface area contributed by atoms with E-state index in [9.17, 15) is 0 Å². The van der Waals surface area contributed by atoms with Crippen LogP contribution in [0.5, 0.6) is 0 Å². The number of nitrogens with one attached hydrogen (secondary N) is 1. The molecule has 0 aromatic carbocycles. The fourth-order valence-corrected chi connectivity index (χ4v) is 6.34. The van der Waals surface area contributed by atoms with Gasteiger partial charge in [0.2, 0.25) is 0 Å². The normalized spacial score (nSPS) is 38.9. The van der Waals surface area contributed by atoms with Crippen LogP contribution >= 0.6 is 0 Å². The van der Waals surface area contributed by atoms with Gasteiger partial charge in [-0.25, -0.2) is 0 Å². The van der Waals surface area contributed by atoms with E-state index in [1.807, 2.05) is 0 Å². The second kappa shape index (κ2) is 4.87. The highest BCUT2D eigenvalue weighted by molar-refractivity contribution is 5.24. The Morgan fingerprint density at radius 3 is 2.14 bits per heavy atom. The first-order valence-electron chi connectivity index (χ1n) is 8.81. The van der Waals surface area contributed by atoms with Crippen molar-refractivity contribution in [1.82, 2.24) is 5.32 Å². The molecule has 1 heterocycles. The highest BCUT2D eigenvalue weighted by atomic mass is 16.3. The summed E-state index contributed by atoms with van der Waals surface area (Å²) in [4.78, 5) is 0. The summed E-state index contributed by atoms with van der Waals surface area (Å²) in [6.45, 7) is 4.18. The van der Waals surface area contributed by atoms with Crippen LogP contribution in [0.25, 0.3) is 0 Å². The largest absolute Gasteiger partial charge is 0.466 e. The molecule has 0 amide bonds. The average Bonchev–Trinajstić information content (AvgIpc) is 2.73. The zero-order chi connectivity index (χ0) is 14.6. The van der Waals surface area contributed by atoms with E-state index in [4.69, 9.17) is 4.42 Å². The standard InChI is InChI=1S/C19H29NO/c1-12-4-17(13(2)21-12)18(20-3)11-19-8-14-5-15(9-19)7-16(6-14)10-19/h4,14-16,18,20H,5-11H2,1-3H3. The number of hydrogen-bond donors (Lipinski definition) is 1. The summed E-state index contributed by atoms with van der Waals surface area (Å²) in [5, 5.41) is 3.59. The molecule has 1 aromatic heterocycles. The SMILES string of the molecule is CNC(CC12CC3CC(CC(C3)C1)C2)c1cc(C)oc1C. The monoisotopic (exact) mass is 287 g/mol. The Morgan fingerprint density at radius 1 is 1.14 bits per heavy atom. The van der Waals surface area contributed by atoms with Gasteiger partial charge in [-0.2, -0.15) is 0 Å². The lowest BCUT2D eigenvalue weighted by atomic mass is 9.48. The van der Waals surface area contributed by atoms with E-state index < -0.39 is 0 Å². The van der Waals surface area contributed by atoms with Crippen LogP contribution in [-0.2, 0) is 0 Å². The summed E-state index contributed by atoms with van der Waals surface area (Å²) >= 11 is 0. The Bertz CT molecular complexity index is 494. The van der Waals surface area contributed by atoms with Crippen molar-refractivity contribution in [3.63, 3.8) is 0 Å². The Labute approximate surface area is 128 Å². The van der Waals surface area contributed by atoms with Crippen LogP contribution in [-0.4, -0.2) is 7.05 Å². The zero-order valence-corrected chi connectivity index (χ0v) is 13.7. The van der Waals surface area contributed by atoms with E-state index in [0.29, 0.717) is 11.5 Å². The first-order valence-corrected chi connectivity index (χ1v) is 8.81. The maximum Gasteiger partial charge on any atom is 0.105 e. The van der Waals surface area contributed by atoms with Crippen LogP contribution in [0.2, 0.25) is 0 Å². The predicted molar refractivity (Wildman–Crippen MR) is 85.2 cm³/mol. The van der Waals surface area contributed by atoms with Gasteiger partial charge in [0.1, 0.15) is 11.5 Å². The molecule has 4 saturated carbocycles. The van der Waals surface area contributed by atoms with E-state index in [1.165, 1.54) is 50.5 Å². The van der Waals surface area contributed by atoms with Crippen molar-refractivity contribution < 1.29 is 4.42 Å². The van der Waals surface area contributed by atoms with E-state index in [1.54, 1.807) is 0 Å². The van der Waals surface area contributed by atoms with Crippen LogP contribution in [0.15, 0.2) is 10.5 Å². The van der Waals surface area contributed by atoms with Gasteiger partial charge in [0.15, 0.2) is 0 Å². The third-order valence-corrected chi connectivity index (χ3v) is 6.61. The van der Waals surface area contributed by atoms with Gasteiger partial charge in [-0.3, -0.25) is 0 Å². The average molecular weight is 287 g/mol. The summed E-state index contributed by atoms with van der Waals surface area (Å²) < 4.78 is 5.78. The topological polar surface area (TPSA) is 25.2 Å². The second-order valence-corrected chi connectivity index (χ2v) is 8.33. The summed E-state index contributed by atoms with van der Waals surface area (Å²) in [7, 11) is 2.12. The maximum absolute atomic E-state index is 5.78. The van der Waals surface area contributed by atoms with Crippen LogP contribution in [0, 0.1) is 37.0 Å². The summed E-state index contributed by atoms with van der Waals surface area (Å²) in [6, 6.07) is 2.72. The Morgan fingerprint density at radius 2 is 1.71 bits per heavy atom. The Kier molecular flexibility index (Phi) is 3.22. The van der Waals surface area contributed by atoms with Gasteiger partial charge in [0, 0.05) is 11.6 Å². The number of aryl methyl sites for hydroxylation is 2. The fraction of sp³-hybridized carbons (Fsp3) is 0.789. The van der Waals surface area contributed by atoms with E-state index in [0.717, 1.165) is 29.3 Å². The molecule has 0 saturated heterocycles. The molecule has 4 aliphatic rings. The van der Waals surface area contributed by atoms with Crippen LogP contribution in [0.4, 0.5) is 0 Å². The molecule has 116 valence electrons. The second-order valence-electron chi connectivity index (χ2n) is 8.33. The molecular weight excluding hydrogens is 258 g/mol. The van der Waals surface area contributed by atoms with E-state index >= 15 is 0 Å². The van der Waals surface area contributed by atoms with Gasteiger partial charge in [-0.05, 0) is 95.1 Å². The molecule has 4 bridgehead atoms. The molecule has 1 aromatic rings. The van der Waals surface area contributed by atoms with Gasteiger partial charge in [-0.15, -0.1) is 0 Å². The molecule has 0 spiro atoms. The molecule has 0 radical (unpaired) electrons. The maximum atomic E-state index is 5.78. The van der Waals surface area contributed by atoms with Crippen molar-refractivity contribution in [1.29, 1.82) is 0 Å². The molecule has 1 N–H and O–H groups in total. The fourth-order valence-electron chi connectivity index (χ4n) is 6.34. The number of rotatable bonds is 4. The summed E-state index contributed by atoms with van der Waals surface area (Å²) in [5.74, 6) is 5.28. The van der Waals surface area contributed by atoms with Crippen LogP contribution < -0.4 is 5.32 Å². The highest BCUT2D eigenvalue weighted by Crippen LogP contribution is 2.62. The minimum absolute atomic E-state index is 0.471. The quantitative estimate of drug-likeness (QED) is 0.863. The van der Waals surface area contributed by atoms with E-state index in [2.05, 4.69) is 32.3 Å². The van der Waals surface area contributed by atoms with Crippen molar-refractivity contribution in [2.75, 3.05) is 7.05 Å². The molecular formula is C19H29NO. The Hall–Kier alpha value is -0.760. The first kappa shape index (κ1) is 13.9. The molecule has 2 heteroatoms. The van der Waals surface area contributed by atoms with E-state index in [-0.39, 0.29) is 0 Å². The minimum atomic E-state index is 0.471. The summed E-state index contributed by atoms with van der Waals surface area (Å²) in [5.41, 5.74) is 2.02. The Balaban J connectivity index is 1.58. The van der Waals surface area contributed by atoms with Crippen molar-refractivity contribution in [3.8, 4) is 0 Å². The summed E-state index contributed by atoms with van der Waals surface area (Å²) in [6.07, 6.45) is 10.4. The first-order chi connectivity index (χ1) is 10.1. The minimum Gasteiger partial charge on any atom is -0.466 e. The third kappa shape index (κ3) is 2.36. The smallest absolute Gasteiger partial charge is 0.105 e. The number of hydrogen-bond acceptors (Lipinski definition) is 2. The van der Waals surface area contributed by atoms with Crippen LogP contribution in [0.1, 0.15) is 68.1 Å². The molecule has 1 atom stereocenters. The third-order valence-electron chi connectivity index (χ3n) is 6.61. The van der Waals surface area contributed by atoms with Gasteiger partial charge < -0.3 is 9.73 Å². The van der Waals surface area contributed by atoms with Crippen molar-refractivity contribution in [3.05, 3.63) is 23.2 Å². The van der Waals surface area contributed by atoms with Gasteiger partial charge >= 0.3 is 0 Å². The molecule has 4 aliphatic carbocycles. The molecule has 0 aliphatic heterocycles. The lowest BCUT2D eigenvalue weighted by Gasteiger charge is -2.57. The molecule has 2 nitrogen and oxygen atoms in total. The van der Waals surface area contributed by atoms with Crippen molar-refractivity contribution >= 4 is 0 Å². The lowest BCUT2D eigenvalue weighted by Crippen LogP contribution is -2.47.